The molecule has 0 bridgehead atoms. The van der Waals surface area contributed by atoms with Gasteiger partial charge < -0.3 is 5.73 Å². The molecule has 0 saturated heterocycles. The number of carbonyl (C=O) groups excluding carboxylic acids is 3. The van der Waals surface area contributed by atoms with Gasteiger partial charge in [0.25, 0.3) is 5.91 Å². The lowest BCUT2D eigenvalue weighted by Gasteiger charge is -2.02. The van der Waals surface area contributed by atoms with Gasteiger partial charge in [-0.2, -0.15) is 15.8 Å². The van der Waals surface area contributed by atoms with Crippen LogP contribution >= 0.6 is 0 Å². The summed E-state index contributed by atoms with van der Waals surface area (Å²) >= 11 is 0. The van der Waals surface area contributed by atoms with E-state index in [0.29, 0.717) is 22.4 Å². The van der Waals surface area contributed by atoms with Gasteiger partial charge in [0.15, 0.2) is 22.8 Å². The summed E-state index contributed by atoms with van der Waals surface area (Å²) < 4.78 is 13.2. The van der Waals surface area contributed by atoms with Crippen molar-refractivity contribution in [1.82, 2.24) is 19.9 Å². The molecule has 0 radical (unpaired) electrons. The van der Waals surface area contributed by atoms with E-state index in [0.717, 1.165) is 6.07 Å². The first-order valence-corrected chi connectivity index (χ1v) is 10.6. The van der Waals surface area contributed by atoms with E-state index in [1.807, 2.05) is 0 Å². The molecule has 38 heavy (non-hydrogen) atoms. The normalized spacial score (nSPS) is 11.5. The molecular weight excluding hydrogens is 491 g/mol. The molecule has 178 valence electrons. The highest BCUT2D eigenvalue weighted by molar-refractivity contribution is 6.20. The van der Waals surface area contributed by atoms with Crippen LogP contribution in [0, 0.1) is 39.8 Å². The molecule has 2 aromatic carbocycles. The molecule has 0 aliphatic heterocycles. The van der Waals surface area contributed by atoms with E-state index in [2.05, 4.69) is 19.9 Å². The lowest BCUT2D eigenvalue weighted by atomic mass is 10.1. The van der Waals surface area contributed by atoms with Crippen molar-refractivity contribution < 1.29 is 18.8 Å². The van der Waals surface area contributed by atoms with E-state index in [4.69, 9.17) is 21.5 Å². The van der Waals surface area contributed by atoms with Gasteiger partial charge in [0.2, 0.25) is 11.6 Å². The monoisotopic (exact) mass is 500 g/mol. The number of primary amides is 1. The van der Waals surface area contributed by atoms with E-state index in [-0.39, 0.29) is 51.2 Å². The van der Waals surface area contributed by atoms with Crippen LogP contribution in [0.3, 0.4) is 0 Å². The molecule has 12 heteroatoms. The second-order valence-electron chi connectivity index (χ2n) is 7.83. The maximum atomic E-state index is 13.2. The van der Waals surface area contributed by atoms with Crippen molar-refractivity contribution in [2.45, 2.75) is 0 Å². The molecule has 0 unspecified atom stereocenters. The Morgan fingerprint density at radius 2 is 1.18 bits per heavy atom. The number of nitrogens with zero attached hydrogens (tertiary/aromatic N) is 7. The minimum absolute atomic E-state index is 0.0175. The van der Waals surface area contributed by atoms with Crippen LogP contribution in [0.15, 0.2) is 42.5 Å². The van der Waals surface area contributed by atoms with Crippen molar-refractivity contribution >= 4 is 17.5 Å². The first kappa shape index (κ1) is 23.5. The number of hydrogen-bond donors (Lipinski definition) is 1. The number of aromatic nitrogens is 4. The number of ketones is 2. The number of nitrogens with two attached hydrogens (primary N) is 1. The predicted molar refractivity (Wildman–Crippen MR) is 124 cm³/mol. The molecule has 2 heterocycles. The lowest BCUT2D eigenvalue weighted by molar-refractivity contribution is 0.0990. The lowest BCUT2D eigenvalue weighted by Crippen LogP contribution is -2.17. The highest BCUT2D eigenvalue weighted by atomic mass is 19.1. The summed E-state index contributed by atoms with van der Waals surface area (Å²) in [6.07, 6.45) is 0. The summed E-state index contributed by atoms with van der Waals surface area (Å²) in [5, 5.41) is 26.7. The van der Waals surface area contributed by atoms with Gasteiger partial charge in [-0.25, -0.2) is 24.3 Å². The van der Waals surface area contributed by atoms with Crippen molar-refractivity contribution in [2.75, 3.05) is 0 Å². The molecule has 2 aliphatic rings. The smallest absolute Gasteiger partial charge is 0.270 e. The van der Waals surface area contributed by atoms with Crippen LogP contribution in [0.25, 0.3) is 22.5 Å². The Balaban J connectivity index is 0.000000155. The van der Waals surface area contributed by atoms with Gasteiger partial charge in [-0.05, 0) is 18.2 Å². The third-order valence-corrected chi connectivity index (χ3v) is 5.68. The highest BCUT2D eigenvalue weighted by Crippen LogP contribution is 2.35. The topological polar surface area (TPSA) is 200 Å². The summed E-state index contributed by atoms with van der Waals surface area (Å²) in [6, 6.07) is 15.7. The molecule has 0 saturated carbocycles. The number of halogens is 1. The molecule has 2 aromatic heterocycles. The molecule has 0 atom stereocenters. The van der Waals surface area contributed by atoms with E-state index >= 15 is 0 Å². The Morgan fingerprint density at radius 3 is 1.79 bits per heavy atom. The Hall–Kier alpha value is -6.19. The SMILES string of the molecule is N#Cc1nc2c(nc1C#N)-c1ccc(F)cc1C2=O.N#Cc1nc2c(nc1C(N)=O)-c1ccccc1C2=O. The number of carbonyl (C=O) groups is 3. The summed E-state index contributed by atoms with van der Waals surface area (Å²) in [5.74, 6) is -2.17. The quantitative estimate of drug-likeness (QED) is 0.349. The number of rotatable bonds is 1. The molecule has 2 N–H and O–H groups in total. The molecular formula is C26H9FN8O3. The molecule has 2 aliphatic carbocycles. The second kappa shape index (κ2) is 8.79. The molecule has 11 nitrogen and oxygen atoms in total. The van der Waals surface area contributed by atoms with Crippen molar-refractivity contribution in [3.8, 4) is 40.7 Å². The molecule has 4 aromatic rings. The number of fused-ring (bicyclic) bond motifs is 6. The van der Waals surface area contributed by atoms with E-state index in [1.165, 1.54) is 12.1 Å². The van der Waals surface area contributed by atoms with Gasteiger partial charge in [0, 0.05) is 22.3 Å². The van der Waals surface area contributed by atoms with Crippen LogP contribution in [0.2, 0.25) is 0 Å². The summed E-state index contributed by atoms with van der Waals surface area (Å²) in [7, 11) is 0. The summed E-state index contributed by atoms with van der Waals surface area (Å²) in [4.78, 5) is 51.2. The Kier molecular flexibility index (Phi) is 5.45. The van der Waals surface area contributed by atoms with E-state index < -0.39 is 17.5 Å². The maximum absolute atomic E-state index is 13.2. The fourth-order valence-corrected chi connectivity index (χ4v) is 4.02. The summed E-state index contributed by atoms with van der Waals surface area (Å²) in [6.45, 7) is 0. The highest BCUT2D eigenvalue weighted by Gasteiger charge is 2.33. The standard InChI is InChI=1S/C13H3FN4O.C13H6N4O2/c14-6-1-2-7-8(3-6)13(19)12-11(7)17-9(4-15)10(5-16)18-12;14-5-8-10(13(15)19)17-9-6-3-1-2-4-7(6)12(18)11(9)16-8/h1-3H;1-4H,(H2,15,19). The zero-order chi connectivity index (χ0) is 27.1. The fourth-order valence-electron chi connectivity index (χ4n) is 4.02. The van der Waals surface area contributed by atoms with Crippen LogP contribution in [0.5, 0.6) is 0 Å². The van der Waals surface area contributed by atoms with Crippen molar-refractivity contribution in [2.24, 2.45) is 5.73 Å². The predicted octanol–water partition coefficient (Wildman–Crippen LogP) is 2.23. The number of hydrogen-bond acceptors (Lipinski definition) is 10. The zero-order valence-electron chi connectivity index (χ0n) is 18.9. The molecule has 1 amide bonds. The van der Waals surface area contributed by atoms with Crippen molar-refractivity contribution in [3.63, 3.8) is 0 Å². The Morgan fingerprint density at radius 1 is 0.684 bits per heavy atom. The van der Waals surface area contributed by atoms with Gasteiger partial charge in [-0.1, -0.05) is 24.3 Å². The Bertz CT molecular complexity index is 1900. The van der Waals surface area contributed by atoms with Crippen molar-refractivity contribution in [1.29, 1.82) is 15.8 Å². The van der Waals surface area contributed by atoms with Crippen LogP contribution in [0.1, 0.15) is 59.7 Å². The minimum Gasteiger partial charge on any atom is -0.364 e. The average molecular weight is 500 g/mol. The molecule has 0 spiro atoms. The van der Waals surface area contributed by atoms with Gasteiger partial charge in [0.1, 0.15) is 46.8 Å². The van der Waals surface area contributed by atoms with Gasteiger partial charge >= 0.3 is 0 Å². The third kappa shape index (κ3) is 3.52. The fraction of sp³-hybridized carbons (Fsp3) is 0. The second-order valence-corrected chi connectivity index (χ2v) is 7.83. The van der Waals surface area contributed by atoms with Gasteiger partial charge in [-0.15, -0.1) is 0 Å². The number of nitriles is 3. The number of benzene rings is 2. The van der Waals surface area contributed by atoms with E-state index in [9.17, 15) is 18.8 Å². The maximum Gasteiger partial charge on any atom is 0.270 e. The molecule has 0 fully saturated rings. The van der Waals surface area contributed by atoms with Gasteiger partial charge in [0.05, 0.1) is 0 Å². The number of amides is 1. The van der Waals surface area contributed by atoms with Gasteiger partial charge in [-0.3, -0.25) is 14.4 Å². The minimum atomic E-state index is -0.844. The first-order valence-electron chi connectivity index (χ1n) is 10.6. The van der Waals surface area contributed by atoms with Crippen LogP contribution < -0.4 is 5.73 Å². The van der Waals surface area contributed by atoms with Crippen LogP contribution in [-0.2, 0) is 0 Å². The largest absolute Gasteiger partial charge is 0.364 e. The summed E-state index contributed by atoms with van der Waals surface area (Å²) in [5.41, 5.74) is 6.58. The molecule has 6 rings (SSSR count). The van der Waals surface area contributed by atoms with Crippen molar-refractivity contribution in [3.05, 3.63) is 93.6 Å². The van der Waals surface area contributed by atoms with Crippen LogP contribution in [0.4, 0.5) is 4.39 Å². The first-order chi connectivity index (χ1) is 18.3. The third-order valence-electron chi connectivity index (χ3n) is 5.68. The van der Waals surface area contributed by atoms with Crippen LogP contribution in [-0.4, -0.2) is 37.4 Å². The Labute approximate surface area is 212 Å². The van der Waals surface area contributed by atoms with E-state index in [1.54, 1.807) is 42.5 Å². The average Bonchev–Trinajstić information content (AvgIpc) is 3.37. The zero-order valence-corrected chi connectivity index (χ0v) is 18.9.